The second-order valence-electron chi connectivity index (χ2n) is 13.0. The van der Waals surface area contributed by atoms with Crippen LogP contribution in [0.4, 0.5) is 0 Å². The van der Waals surface area contributed by atoms with Crippen LogP contribution in [0.25, 0.3) is 10.8 Å². The van der Waals surface area contributed by atoms with E-state index < -0.39 is 0 Å². The average Bonchev–Trinajstić information content (AvgIpc) is 3.71. The fourth-order valence-corrected chi connectivity index (χ4v) is 4.21. The quantitative estimate of drug-likeness (QED) is 0.133. The SMILES string of the molecule is CC.CC.CC.CC.CC.CC.CC.CC.CC.CC.CC.CC.CCC.CCC.[CH3-].[CH3-].[Y].c1ccc2ccccc2c1.c1ccccc1.c1ccccc1.c1ccccc1.c1ccccc1.c1ccccc1.c1ccccc1.c1ccccc1.c1ccccc1. The molecule has 0 nitrogen and oxygen atoms in total. The fourth-order valence-electron chi connectivity index (χ4n) is 4.21. The standard InChI is InChI=1S/C10H8.8C6H6.2C3H8.12C2H6.2CH3.Y/c1-2-6-10-8-4-3-7-9(10)5-1;8*1-2-4-6-5-3-1;2*1-3-2;12*1-2;;;/h1-8H;8*1-6H;2*3H2,1-2H3;12*1-2H3;2*1H3;/q;;;;;;;;;;;;;;;;;;;;;;;2*-1;. The molecule has 0 aromatic heterocycles. The van der Waals surface area contributed by atoms with Crippen molar-refractivity contribution in [2.24, 2.45) is 0 Å². The first-order valence-corrected chi connectivity index (χ1v) is 34.2. The molecular weight excluding hydrogens is 1170 g/mol. The summed E-state index contributed by atoms with van der Waals surface area (Å²) in [7, 11) is 0. The van der Waals surface area contributed by atoms with Crippen molar-refractivity contribution in [2.75, 3.05) is 0 Å². The zero-order valence-electron chi connectivity index (χ0n) is 65.3. The summed E-state index contributed by atoms with van der Waals surface area (Å²) in [5.74, 6) is 0. The normalized spacial score (nSPS) is 6.51. The van der Waals surface area contributed by atoms with Crippen molar-refractivity contribution in [3.8, 4) is 0 Å². The van der Waals surface area contributed by atoms with Gasteiger partial charge in [0.1, 0.15) is 0 Å². The van der Waals surface area contributed by atoms with Crippen LogP contribution in [-0.2, 0) is 32.7 Å². The summed E-state index contributed by atoms with van der Waals surface area (Å²) in [4.78, 5) is 0. The summed E-state index contributed by atoms with van der Waals surface area (Å²) in [6, 6.07) is 113. The van der Waals surface area contributed by atoms with Gasteiger partial charge in [-0.05, 0) is 10.8 Å². The van der Waals surface area contributed by atoms with Gasteiger partial charge < -0.3 is 14.9 Å². The molecule has 0 bridgehead atoms. The molecule has 1 radical (unpaired) electrons. The summed E-state index contributed by atoms with van der Waals surface area (Å²) >= 11 is 0. The van der Waals surface area contributed by atoms with Crippen LogP contribution in [0.3, 0.4) is 0 Å². The number of hydrogen-bond donors (Lipinski definition) is 0. The molecule has 1 heteroatoms. The van der Waals surface area contributed by atoms with E-state index in [-0.39, 0.29) is 47.6 Å². The minimum atomic E-state index is 0. The van der Waals surface area contributed by atoms with E-state index in [0.29, 0.717) is 0 Å². The maximum Gasteiger partial charge on any atom is 0 e. The van der Waals surface area contributed by atoms with Crippen molar-refractivity contribution < 1.29 is 32.7 Å². The van der Waals surface area contributed by atoms with Crippen LogP contribution in [0, 0.1) is 14.9 Å². The van der Waals surface area contributed by atoms with Gasteiger partial charge in [-0.15, -0.1) is 0 Å². The smallest absolute Gasteiger partial charge is 0 e. The number of fused-ring (bicyclic) bond motifs is 1. The number of rotatable bonds is 0. The molecule has 10 aromatic rings. The molecule has 0 N–H and O–H groups in total. The van der Waals surface area contributed by atoms with Crippen LogP contribution >= 0.6 is 0 Å². The van der Waals surface area contributed by atoms with E-state index in [0.717, 1.165) is 0 Å². The van der Waals surface area contributed by atoms with E-state index in [2.05, 4.69) is 76.2 Å². The van der Waals surface area contributed by atoms with Crippen molar-refractivity contribution in [3.05, 3.63) is 355 Å². The molecule has 0 heterocycles. The first-order valence-electron chi connectivity index (χ1n) is 34.2. The van der Waals surface area contributed by atoms with Crippen molar-refractivity contribution >= 4 is 10.8 Å². The Balaban J connectivity index is -0.0000000472. The van der Waals surface area contributed by atoms with Gasteiger partial charge in [0.2, 0.25) is 0 Å². The Morgan fingerprint density at radius 3 is 0.220 bits per heavy atom. The summed E-state index contributed by atoms with van der Waals surface area (Å²) in [5.41, 5.74) is 0. The molecule has 0 saturated carbocycles. The molecule has 0 spiro atoms. The minimum Gasteiger partial charge on any atom is -0.358 e. The van der Waals surface area contributed by atoms with Crippen molar-refractivity contribution in [1.29, 1.82) is 0 Å². The topological polar surface area (TPSA) is 0 Å². The molecule has 0 unspecified atom stereocenters. The van der Waals surface area contributed by atoms with Gasteiger partial charge in [-0.3, -0.25) is 0 Å². The summed E-state index contributed by atoms with van der Waals surface area (Å²) in [5, 5.41) is 2.62. The van der Waals surface area contributed by atoms with Crippen LogP contribution in [-0.4, -0.2) is 0 Å². The minimum absolute atomic E-state index is 0. The Morgan fingerprint density at radius 1 is 0.132 bits per heavy atom. The molecule has 10 rings (SSSR count). The van der Waals surface area contributed by atoms with E-state index in [4.69, 9.17) is 0 Å². The van der Waals surface area contributed by atoms with Gasteiger partial charge in [0.05, 0.1) is 0 Å². The maximum absolute atomic E-state index is 2.12. The predicted molar refractivity (Wildman–Crippen MR) is 436 cm³/mol. The van der Waals surface area contributed by atoms with Gasteiger partial charge >= 0.3 is 0 Å². The van der Waals surface area contributed by atoms with E-state index in [1.165, 1.54) is 23.6 Å². The van der Waals surface area contributed by atoms with Crippen molar-refractivity contribution in [2.45, 2.75) is 207 Å². The first-order chi connectivity index (χ1) is 43.8. The summed E-state index contributed by atoms with van der Waals surface area (Å²) in [6.07, 6.45) is 2.50. The predicted octanol–water partition coefficient (Wildman–Crippen LogP) is 32.4. The molecule has 0 aliphatic carbocycles. The molecule has 0 aliphatic rings. The molecule has 0 atom stereocenters. The van der Waals surface area contributed by atoms with Gasteiger partial charge in [-0.1, -0.05) is 546 Å². The van der Waals surface area contributed by atoms with Gasteiger partial charge in [-0.25, -0.2) is 0 Å². The van der Waals surface area contributed by atoms with Crippen LogP contribution in [0.1, 0.15) is 207 Å². The molecule has 0 saturated heterocycles. The zero-order valence-corrected chi connectivity index (χ0v) is 68.2. The van der Waals surface area contributed by atoms with E-state index in [1.807, 2.05) is 457 Å². The molecule has 0 fully saturated rings. The number of benzene rings is 10. The Hall–Kier alpha value is -6.44. The van der Waals surface area contributed by atoms with Crippen LogP contribution in [0.2, 0.25) is 0 Å². The second-order valence-corrected chi connectivity index (χ2v) is 13.0. The van der Waals surface area contributed by atoms with Crippen molar-refractivity contribution in [1.82, 2.24) is 0 Å². The number of hydrogen-bond acceptors (Lipinski definition) is 0. The molecular formula is C90H150Y-2. The third-order valence-corrected chi connectivity index (χ3v) is 6.99. The van der Waals surface area contributed by atoms with E-state index in [9.17, 15) is 0 Å². The zero-order chi connectivity index (χ0) is 70.2. The van der Waals surface area contributed by atoms with Gasteiger partial charge in [0, 0.05) is 32.7 Å². The third kappa shape index (κ3) is 157. The summed E-state index contributed by atoms with van der Waals surface area (Å²) < 4.78 is 0. The van der Waals surface area contributed by atoms with Gasteiger partial charge in [-0.2, -0.15) is 0 Å². The largest absolute Gasteiger partial charge is 0.358 e. The second kappa shape index (κ2) is 172. The monoisotopic (exact) mass is 1320 g/mol. The van der Waals surface area contributed by atoms with Crippen molar-refractivity contribution in [3.63, 3.8) is 0 Å². The van der Waals surface area contributed by atoms with Crippen LogP contribution in [0.5, 0.6) is 0 Å². The Morgan fingerprint density at radius 2 is 0.176 bits per heavy atom. The molecule has 91 heavy (non-hydrogen) atoms. The fraction of sp³-hybridized carbons (Fsp3) is 0.333. The molecule has 0 aliphatic heterocycles. The Labute approximate surface area is 600 Å². The Bertz CT molecular complexity index is 1510. The molecule has 0 amide bonds. The molecule has 515 valence electrons. The van der Waals surface area contributed by atoms with Gasteiger partial charge in [0.15, 0.2) is 0 Å². The third-order valence-electron chi connectivity index (χ3n) is 6.99. The van der Waals surface area contributed by atoms with E-state index in [1.54, 1.807) is 0 Å². The van der Waals surface area contributed by atoms with Crippen LogP contribution in [0.15, 0.2) is 340 Å². The first kappa shape index (κ1) is 126. The Kier molecular flexibility index (Phi) is 237. The average molecular weight is 1320 g/mol. The molecule has 10 aromatic carbocycles. The maximum atomic E-state index is 2.12. The van der Waals surface area contributed by atoms with Gasteiger partial charge in [0.25, 0.3) is 0 Å². The van der Waals surface area contributed by atoms with E-state index >= 15 is 0 Å². The summed E-state index contributed by atoms with van der Waals surface area (Å²) in [6.45, 7) is 56.5. The van der Waals surface area contributed by atoms with Crippen LogP contribution < -0.4 is 0 Å².